The van der Waals surface area contributed by atoms with Gasteiger partial charge in [0, 0.05) is 11.8 Å². The van der Waals surface area contributed by atoms with Crippen molar-refractivity contribution in [1.82, 2.24) is 29.5 Å². The summed E-state index contributed by atoms with van der Waals surface area (Å²) in [5, 5.41) is 3.27. The molecule has 3 aromatic heterocycles. The van der Waals surface area contributed by atoms with Gasteiger partial charge in [0.2, 0.25) is 0 Å². The lowest BCUT2D eigenvalue weighted by Gasteiger charge is -2.10. The molecule has 0 spiro atoms. The molecule has 0 amide bonds. The van der Waals surface area contributed by atoms with E-state index in [0.717, 1.165) is 17.0 Å². The molecule has 5 aromatic rings. The second-order valence-electron chi connectivity index (χ2n) is 6.01. The summed E-state index contributed by atoms with van der Waals surface area (Å²) in [7, 11) is 0. The van der Waals surface area contributed by atoms with Crippen molar-refractivity contribution in [3.05, 3.63) is 72.8 Å². The lowest BCUT2D eigenvalue weighted by molar-refractivity contribution is 0.629. The average Bonchev–Trinajstić information content (AvgIpc) is 3.31. The van der Waals surface area contributed by atoms with Crippen LogP contribution in [0.5, 0.6) is 0 Å². The van der Waals surface area contributed by atoms with Crippen LogP contribution >= 0.6 is 0 Å². The van der Waals surface area contributed by atoms with Crippen LogP contribution < -0.4 is 5.32 Å². The Hall–Kier alpha value is -3.81. The number of nitrogens with one attached hydrogen (secondary N) is 2. The van der Waals surface area contributed by atoms with Gasteiger partial charge in [0.1, 0.15) is 23.5 Å². The minimum absolute atomic E-state index is 0.298. The molecule has 8 heteroatoms. The standard InChI is InChI=1S/C19H14FN7/c20-12-6-7-14-15(8-12)27(13-4-2-1-3-5-13)16(26-14)9-21-18-17-19(23-10-22-17)25-11-24-18/h1-8,10-11H,9H2,(H2,21,22,23,24,25). The van der Waals surface area contributed by atoms with Crippen LogP contribution in [-0.2, 0) is 6.54 Å². The predicted octanol–water partition coefficient (Wildman–Crippen LogP) is 3.44. The van der Waals surface area contributed by atoms with Gasteiger partial charge in [-0.05, 0) is 24.3 Å². The molecule has 27 heavy (non-hydrogen) atoms. The second kappa shape index (κ2) is 6.17. The molecule has 0 aliphatic rings. The van der Waals surface area contributed by atoms with Gasteiger partial charge in [-0.15, -0.1) is 0 Å². The number of rotatable bonds is 4. The molecule has 0 saturated heterocycles. The van der Waals surface area contributed by atoms with Gasteiger partial charge in [0.05, 0.1) is 23.9 Å². The third-order valence-electron chi connectivity index (χ3n) is 4.33. The van der Waals surface area contributed by atoms with E-state index in [1.54, 1.807) is 12.4 Å². The number of hydrogen-bond acceptors (Lipinski definition) is 5. The average molecular weight is 359 g/mol. The van der Waals surface area contributed by atoms with Crippen LogP contribution in [0.25, 0.3) is 27.9 Å². The molecule has 7 nitrogen and oxygen atoms in total. The van der Waals surface area contributed by atoms with E-state index < -0.39 is 0 Å². The number of benzene rings is 2. The van der Waals surface area contributed by atoms with Crippen LogP contribution in [0, 0.1) is 5.82 Å². The monoisotopic (exact) mass is 359 g/mol. The van der Waals surface area contributed by atoms with E-state index in [2.05, 4.69) is 30.2 Å². The number of imidazole rings is 2. The Kier molecular flexibility index (Phi) is 3.53. The SMILES string of the molecule is Fc1ccc2nc(CNc3ncnc4[nH]cnc34)n(-c3ccccc3)c2c1. The van der Waals surface area contributed by atoms with Gasteiger partial charge in [0.15, 0.2) is 11.5 Å². The Labute approximate surface area is 152 Å². The van der Waals surface area contributed by atoms with Gasteiger partial charge < -0.3 is 10.3 Å². The van der Waals surface area contributed by atoms with E-state index in [4.69, 9.17) is 0 Å². The number of H-pyrrole nitrogens is 1. The normalized spacial score (nSPS) is 11.3. The summed E-state index contributed by atoms with van der Waals surface area (Å²) in [6, 6.07) is 14.3. The largest absolute Gasteiger partial charge is 0.361 e. The number of aromatic amines is 1. The van der Waals surface area contributed by atoms with Crippen LogP contribution in [0.4, 0.5) is 10.2 Å². The maximum absolute atomic E-state index is 13.8. The molecule has 0 atom stereocenters. The smallest absolute Gasteiger partial charge is 0.162 e. The highest BCUT2D eigenvalue weighted by molar-refractivity contribution is 5.82. The van der Waals surface area contributed by atoms with E-state index in [-0.39, 0.29) is 5.82 Å². The van der Waals surface area contributed by atoms with Crippen LogP contribution in [0.1, 0.15) is 5.82 Å². The van der Waals surface area contributed by atoms with Gasteiger partial charge in [-0.3, -0.25) is 4.57 Å². The molecular formula is C19H14FN7. The lowest BCUT2D eigenvalue weighted by Crippen LogP contribution is -2.09. The number of aromatic nitrogens is 6. The number of para-hydroxylation sites is 1. The number of fused-ring (bicyclic) bond motifs is 2. The molecule has 3 heterocycles. The van der Waals surface area contributed by atoms with Crippen molar-refractivity contribution in [2.24, 2.45) is 0 Å². The van der Waals surface area contributed by atoms with Crippen molar-refractivity contribution in [3.8, 4) is 5.69 Å². The molecular weight excluding hydrogens is 345 g/mol. The van der Waals surface area contributed by atoms with Gasteiger partial charge in [0.25, 0.3) is 0 Å². The number of halogens is 1. The fourth-order valence-electron chi connectivity index (χ4n) is 3.14. The number of hydrogen-bond donors (Lipinski definition) is 2. The second-order valence-corrected chi connectivity index (χ2v) is 6.01. The highest BCUT2D eigenvalue weighted by Crippen LogP contribution is 2.23. The van der Waals surface area contributed by atoms with Crippen molar-refractivity contribution in [2.75, 3.05) is 5.32 Å². The summed E-state index contributed by atoms with van der Waals surface area (Å²) in [6.45, 7) is 0.393. The summed E-state index contributed by atoms with van der Waals surface area (Å²) in [4.78, 5) is 20.3. The fraction of sp³-hybridized carbons (Fsp3) is 0.0526. The third kappa shape index (κ3) is 2.67. The molecule has 0 unspecified atom stereocenters. The maximum Gasteiger partial charge on any atom is 0.162 e. The van der Waals surface area contributed by atoms with Crippen molar-refractivity contribution in [2.45, 2.75) is 6.54 Å². The quantitative estimate of drug-likeness (QED) is 0.513. The molecule has 0 radical (unpaired) electrons. The molecule has 0 fully saturated rings. The van der Waals surface area contributed by atoms with Gasteiger partial charge in [-0.25, -0.2) is 24.3 Å². The van der Waals surface area contributed by atoms with Gasteiger partial charge in [-0.2, -0.15) is 0 Å². The van der Waals surface area contributed by atoms with E-state index in [1.807, 2.05) is 34.9 Å². The van der Waals surface area contributed by atoms with Crippen molar-refractivity contribution < 1.29 is 4.39 Å². The topological polar surface area (TPSA) is 84.3 Å². The Morgan fingerprint density at radius 1 is 1.04 bits per heavy atom. The van der Waals surface area contributed by atoms with E-state index in [1.165, 1.54) is 18.5 Å². The first kappa shape index (κ1) is 15.4. The van der Waals surface area contributed by atoms with Crippen molar-refractivity contribution >= 4 is 28.0 Å². The summed E-state index contributed by atoms with van der Waals surface area (Å²) in [5.74, 6) is 1.05. The van der Waals surface area contributed by atoms with Gasteiger partial charge >= 0.3 is 0 Å². The molecule has 0 saturated carbocycles. The van der Waals surface area contributed by atoms with E-state index >= 15 is 0 Å². The molecule has 132 valence electrons. The first-order valence-corrected chi connectivity index (χ1v) is 8.40. The van der Waals surface area contributed by atoms with Gasteiger partial charge in [-0.1, -0.05) is 18.2 Å². The Morgan fingerprint density at radius 2 is 1.93 bits per heavy atom. The minimum Gasteiger partial charge on any atom is -0.361 e. The predicted molar refractivity (Wildman–Crippen MR) is 100 cm³/mol. The zero-order valence-electron chi connectivity index (χ0n) is 14.1. The lowest BCUT2D eigenvalue weighted by atomic mass is 10.2. The highest BCUT2D eigenvalue weighted by atomic mass is 19.1. The summed E-state index contributed by atoms with van der Waals surface area (Å²) in [6.07, 6.45) is 3.05. The summed E-state index contributed by atoms with van der Waals surface area (Å²) >= 11 is 0. The molecule has 0 bridgehead atoms. The summed E-state index contributed by atoms with van der Waals surface area (Å²) in [5.41, 5.74) is 3.67. The molecule has 2 N–H and O–H groups in total. The molecule has 5 rings (SSSR count). The van der Waals surface area contributed by atoms with Crippen molar-refractivity contribution in [3.63, 3.8) is 0 Å². The first-order valence-electron chi connectivity index (χ1n) is 8.40. The van der Waals surface area contributed by atoms with Crippen LogP contribution in [0.2, 0.25) is 0 Å². The fourth-order valence-corrected chi connectivity index (χ4v) is 3.14. The zero-order valence-corrected chi connectivity index (χ0v) is 14.1. The number of anilines is 1. The molecule has 0 aliphatic heterocycles. The molecule has 2 aromatic carbocycles. The van der Waals surface area contributed by atoms with E-state index in [0.29, 0.717) is 29.0 Å². The highest BCUT2D eigenvalue weighted by Gasteiger charge is 2.14. The number of nitrogens with zero attached hydrogens (tertiary/aromatic N) is 5. The third-order valence-corrected chi connectivity index (χ3v) is 4.33. The Morgan fingerprint density at radius 3 is 2.81 bits per heavy atom. The molecule has 0 aliphatic carbocycles. The Bertz CT molecular complexity index is 1240. The maximum atomic E-state index is 13.8. The van der Waals surface area contributed by atoms with Crippen LogP contribution in [0.15, 0.2) is 61.2 Å². The summed E-state index contributed by atoms with van der Waals surface area (Å²) < 4.78 is 15.8. The van der Waals surface area contributed by atoms with Crippen LogP contribution in [0.3, 0.4) is 0 Å². The minimum atomic E-state index is -0.298. The zero-order chi connectivity index (χ0) is 18.2. The first-order chi connectivity index (χ1) is 13.3. The van der Waals surface area contributed by atoms with Crippen LogP contribution in [-0.4, -0.2) is 29.5 Å². The Balaban J connectivity index is 1.59. The van der Waals surface area contributed by atoms with E-state index in [9.17, 15) is 4.39 Å². The van der Waals surface area contributed by atoms with Crippen molar-refractivity contribution in [1.29, 1.82) is 0 Å².